The molecule has 5 heteroatoms. The second-order valence-corrected chi connectivity index (χ2v) is 5.93. The largest absolute Gasteiger partial charge is 0.283 e. The van der Waals surface area contributed by atoms with Crippen LogP contribution in [0.5, 0.6) is 0 Å². The Morgan fingerprint density at radius 3 is 2.30 bits per heavy atom. The number of nitrogens with one attached hydrogen (secondary N) is 1. The van der Waals surface area contributed by atoms with Gasteiger partial charge < -0.3 is 0 Å². The Hall–Kier alpha value is -2.32. The average molecular weight is 289 g/mol. The van der Waals surface area contributed by atoms with Crippen LogP contribution in [0.1, 0.15) is 11.1 Å². The normalized spacial score (nSPS) is 10.5. The van der Waals surface area contributed by atoms with Gasteiger partial charge in [0.05, 0.1) is 11.9 Å². The Bertz CT molecular complexity index is 772. The maximum atomic E-state index is 12.8. The first kappa shape index (κ1) is 14.1. The number of rotatable bonds is 2. The Labute approximate surface area is 117 Å². The minimum Gasteiger partial charge on any atom is -0.283 e. The molecule has 0 unspecified atom stereocenters. The zero-order valence-corrected chi connectivity index (χ0v) is 11.5. The van der Waals surface area contributed by atoms with E-state index < -0.39 is 10.0 Å². The molecule has 0 spiro atoms. The Morgan fingerprint density at radius 1 is 1.00 bits per heavy atom. The average Bonchev–Trinajstić information content (AvgIpc) is 2.38. The predicted octanol–water partition coefficient (Wildman–Crippen LogP) is 2.60. The summed E-state index contributed by atoms with van der Waals surface area (Å²) in [6.45, 7) is 0. The Morgan fingerprint density at radius 2 is 1.65 bits per heavy atom. The molecule has 0 aliphatic carbocycles. The SMILES string of the molecule is CS(=O)(=O)Nc1ccccc1C#Cc1ccc(F)cc1. The van der Waals surface area contributed by atoms with Crippen molar-refractivity contribution < 1.29 is 12.8 Å². The highest BCUT2D eigenvalue weighted by atomic mass is 32.2. The molecule has 20 heavy (non-hydrogen) atoms. The lowest BCUT2D eigenvalue weighted by atomic mass is 10.1. The van der Waals surface area contributed by atoms with Gasteiger partial charge in [-0.05, 0) is 36.4 Å². The molecule has 0 saturated carbocycles. The maximum Gasteiger partial charge on any atom is 0.229 e. The van der Waals surface area contributed by atoms with E-state index in [2.05, 4.69) is 16.6 Å². The zero-order chi connectivity index (χ0) is 14.6. The summed E-state index contributed by atoms with van der Waals surface area (Å²) in [5.74, 6) is 5.41. The molecular weight excluding hydrogens is 277 g/mol. The molecule has 102 valence electrons. The van der Waals surface area contributed by atoms with Crippen molar-refractivity contribution in [1.29, 1.82) is 0 Å². The van der Waals surface area contributed by atoms with Gasteiger partial charge in [0.2, 0.25) is 10.0 Å². The number of benzene rings is 2. The lowest BCUT2D eigenvalue weighted by Gasteiger charge is -2.05. The van der Waals surface area contributed by atoms with Gasteiger partial charge in [-0.25, -0.2) is 12.8 Å². The molecule has 0 saturated heterocycles. The van der Waals surface area contributed by atoms with E-state index in [4.69, 9.17) is 0 Å². The summed E-state index contributed by atoms with van der Waals surface area (Å²) < 4.78 is 37.7. The van der Waals surface area contributed by atoms with E-state index in [1.807, 2.05) is 0 Å². The third-order valence-corrected chi connectivity index (χ3v) is 3.00. The number of hydrogen-bond acceptors (Lipinski definition) is 2. The first-order valence-corrected chi connectivity index (χ1v) is 7.67. The first-order valence-electron chi connectivity index (χ1n) is 5.78. The van der Waals surface area contributed by atoms with Crippen molar-refractivity contribution in [3.63, 3.8) is 0 Å². The number of para-hydroxylation sites is 1. The molecular formula is C15H12FNO2S. The van der Waals surface area contributed by atoms with Gasteiger partial charge >= 0.3 is 0 Å². The van der Waals surface area contributed by atoms with Crippen molar-refractivity contribution in [3.8, 4) is 11.8 Å². The number of halogens is 1. The molecule has 2 aromatic rings. The van der Waals surface area contributed by atoms with E-state index in [0.29, 0.717) is 16.8 Å². The van der Waals surface area contributed by atoms with Crippen molar-refractivity contribution in [2.24, 2.45) is 0 Å². The van der Waals surface area contributed by atoms with Crippen molar-refractivity contribution in [3.05, 3.63) is 65.5 Å². The topological polar surface area (TPSA) is 46.2 Å². The molecule has 1 N–H and O–H groups in total. The lowest BCUT2D eigenvalue weighted by molar-refractivity contribution is 0.607. The molecule has 0 aromatic heterocycles. The molecule has 3 nitrogen and oxygen atoms in total. The summed E-state index contributed by atoms with van der Waals surface area (Å²) in [7, 11) is -3.36. The van der Waals surface area contributed by atoms with E-state index in [1.54, 1.807) is 36.4 Å². The Kier molecular flexibility index (Phi) is 4.06. The van der Waals surface area contributed by atoms with Gasteiger partial charge in [-0.1, -0.05) is 24.0 Å². The highest BCUT2D eigenvalue weighted by molar-refractivity contribution is 7.92. The third-order valence-electron chi connectivity index (χ3n) is 2.41. The van der Waals surface area contributed by atoms with E-state index in [9.17, 15) is 12.8 Å². The highest BCUT2D eigenvalue weighted by Gasteiger charge is 2.04. The summed E-state index contributed by atoms with van der Waals surface area (Å²) in [6, 6.07) is 12.6. The molecule has 0 bridgehead atoms. The second-order valence-electron chi connectivity index (χ2n) is 4.18. The zero-order valence-electron chi connectivity index (χ0n) is 10.7. The smallest absolute Gasteiger partial charge is 0.229 e. The fourth-order valence-electron chi connectivity index (χ4n) is 1.55. The quantitative estimate of drug-likeness (QED) is 0.864. The molecule has 2 rings (SSSR count). The fraction of sp³-hybridized carbons (Fsp3) is 0.0667. The highest BCUT2D eigenvalue weighted by Crippen LogP contribution is 2.15. The van der Waals surface area contributed by atoms with Crippen LogP contribution in [0, 0.1) is 17.7 Å². The van der Waals surface area contributed by atoms with Crippen LogP contribution in [0.25, 0.3) is 0 Å². The number of anilines is 1. The summed E-state index contributed by atoms with van der Waals surface area (Å²) in [5.41, 5.74) is 1.63. The number of hydrogen-bond donors (Lipinski definition) is 1. The van der Waals surface area contributed by atoms with E-state index in [0.717, 1.165) is 6.26 Å². The number of sulfonamides is 1. The van der Waals surface area contributed by atoms with Gasteiger partial charge in [-0.2, -0.15) is 0 Å². The molecule has 2 aromatic carbocycles. The van der Waals surface area contributed by atoms with Crippen molar-refractivity contribution in [1.82, 2.24) is 0 Å². The van der Waals surface area contributed by atoms with Gasteiger partial charge in [0, 0.05) is 11.1 Å². The monoisotopic (exact) mass is 289 g/mol. The van der Waals surface area contributed by atoms with Crippen LogP contribution >= 0.6 is 0 Å². The van der Waals surface area contributed by atoms with Gasteiger partial charge in [0.15, 0.2) is 0 Å². The molecule has 0 fully saturated rings. The third kappa shape index (κ3) is 4.11. The van der Waals surface area contributed by atoms with Crippen molar-refractivity contribution in [2.75, 3.05) is 11.0 Å². The molecule has 0 heterocycles. The van der Waals surface area contributed by atoms with E-state index >= 15 is 0 Å². The van der Waals surface area contributed by atoms with Crippen LogP contribution in [0.2, 0.25) is 0 Å². The fourth-order valence-corrected chi connectivity index (χ4v) is 2.13. The van der Waals surface area contributed by atoms with Crippen LogP contribution in [0.4, 0.5) is 10.1 Å². The van der Waals surface area contributed by atoms with Crippen LogP contribution < -0.4 is 4.72 Å². The van der Waals surface area contributed by atoms with Crippen LogP contribution in [-0.4, -0.2) is 14.7 Å². The van der Waals surface area contributed by atoms with E-state index in [1.165, 1.54) is 12.1 Å². The van der Waals surface area contributed by atoms with Crippen molar-refractivity contribution in [2.45, 2.75) is 0 Å². The molecule has 0 aliphatic heterocycles. The summed E-state index contributed by atoms with van der Waals surface area (Å²) in [5, 5.41) is 0. The predicted molar refractivity (Wildman–Crippen MR) is 77.3 cm³/mol. The second kappa shape index (κ2) is 5.76. The van der Waals surface area contributed by atoms with Crippen LogP contribution in [-0.2, 0) is 10.0 Å². The summed E-state index contributed by atoms with van der Waals surface area (Å²) >= 11 is 0. The molecule has 0 atom stereocenters. The minimum atomic E-state index is -3.36. The molecule has 0 amide bonds. The molecule has 0 aliphatic rings. The summed E-state index contributed by atoms with van der Waals surface area (Å²) in [4.78, 5) is 0. The van der Waals surface area contributed by atoms with Crippen molar-refractivity contribution >= 4 is 15.7 Å². The van der Waals surface area contributed by atoms with Gasteiger partial charge in [-0.3, -0.25) is 4.72 Å². The van der Waals surface area contributed by atoms with Gasteiger partial charge in [0.25, 0.3) is 0 Å². The summed E-state index contributed by atoms with van der Waals surface area (Å²) in [6.07, 6.45) is 1.08. The van der Waals surface area contributed by atoms with Crippen LogP contribution in [0.3, 0.4) is 0 Å². The molecule has 0 radical (unpaired) electrons. The Balaban J connectivity index is 2.33. The van der Waals surface area contributed by atoms with Gasteiger partial charge in [-0.15, -0.1) is 0 Å². The van der Waals surface area contributed by atoms with E-state index in [-0.39, 0.29) is 5.82 Å². The lowest BCUT2D eigenvalue weighted by Crippen LogP contribution is -2.10. The standard InChI is InChI=1S/C15H12FNO2S/c1-20(18,19)17-15-5-3-2-4-13(15)9-6-12-7-10-14(16)11-8-12/h2-5,7-8,10-11,17H,1H3. The first-order chi connectivity index (χ1) is 9.44. The van der Waals surface area contributed by atoms with Crippen LogP contribution in [0.15, 0.2) is 48.5 Å². The minimum absolute atomic E-state index is 0.324. The maximum absolute atomic E-state index is 12.8. The van der Waals surface area contributed by atoms with Gasteiger partial charge in [0.1, 0.15) is 5.82 Å².